The average molecular weight is 452 g/mol. The van der Waals surface area contributed by atoms with Crippen molar-refractivity contribution in [3.63, 3.8) is 0 Å². The van der Waals surface area contributed by atoms with Crippen molar-refractivity contribution >= 4 is 34.4 Å². The van der Waals surface area contributed by atoms with Crippen molar-refractivity contribution in [3.8, 4) is 6.07 Å². The van der Waals surface area contributed by atoms with Gasteiger partial charge in [0.05, 0.1) is 17.6 Å². The molecule has 1 aromatic carbocycles. The van der Waals surface area contributed by atoms with Gasteiger partial charge in [0.2, 0.25) is 0 Å². The molecule has 160 valence electrons. The number of Topliss-reactive ketones (excluding diaryl/α,β-unsaturated/α-hetero) is 1. The van der Waals surface area contributed by atoms with Gasteiger partial charge < -0.3 is 5.73 Å². The molecule has 2 N–H and O–H groups in total. The molecule has 0 saturated carbocycles. The number of allylic oxidation sites excluding steroid dienone is 3. The maximum atomic E-state index is 13.5. The van der Waals surface area contributed by atoms with Crippen LogP contribution in [0.25, 0.3) is 0 Å². The van der Waals surface area contributed by atoms with Crippen molar-refractivity contribution in [2.75, 3.05) is 4.90 Å². The second kappa shape index (κ2) is 7.85. The lowest BCUT2D eigenvalue weighted by Gasteiger charge is -2.43. The first kappa shape index (κ1) is 21.7. The Labute approximate surface area is 192 Å². The van der Waals surface area contributed by atoms with Crippen LogP contribution in [-0.2, 0) is 11.2 Å². The largest absolute Gasteiger partial charge is 0.384 e. The van der Waals surface area contributed by atoms with Crippen LogP contribution in [0.3, 0.4) is 0 Å². The summed E-state index contributed by atoms with van der Waals surface area (Å²) in [5.41, 5.74) is 10.2. The van der Waals surface area contributed by atoms with E-state index in [1.807, 2.05) is 36.1 Å². The van der Waals surface area contributed by atoms with Gasteiger partial charge in [-0.25, -0.2) is 0 Å². The first-order chi connectivity index (χ1) is 14.7. The highest BCUT2D eigenvalue weighted by Gasteiger charge is 2.45. The molecule has 1 aliphatic carbocycles. The summed E-state index contributed by atoms with van der Waals surface area (Å²) in [6, 6.07) is 12.2. The number of benzene rings is 1. The lowest BCUT2D eigenvalue weighted by molar-refractivity contribution is -0.118. The second-order valence-electron chi connectivity index (χ2n) is 9.07. The first-order valence-electron chi connectivity index (χ1n) is 10.5. The Bertz CT molecular complexity index is 1180. The Hall–Kier alpha value is -2.55. The van der Waals surface area contributed by atoms with E-state index in [9.17, 15) is 10.1 Å². The highest BCUT2D eigenvalue weighted by atomic mass is 35.5. The van der Waals surface area contributed by atoms with Crippen LogP contribution in [0, 0.1) is 23.7 Å². The molecule has 0 radical (unpaired) electrons. The maximum absolute atomic E-state index is 13.5. The molecule has 1 aromatic heterocycles. The van der Waals surface area contributed by atoms with Gasteiger partial charge in [-0.3, -0.25) is 9.69 Å². The van der Waals surface area contributed by atoms with Crippen LogP contribution in [0.5, 0.6) is 0 Å². The van der Waals surface area contributed by atoms with Gasteiger partial charge in [0.25, 0.3) is 0 Å². The monoisotopic (exact) mass is 451 g/mol. The number of carbonyl (C=O) groups is 1. The zero-order chi connectivity index (χ0) is 22.5. The van der Waals surface area contributed by atoms with Crippen molar-refractivity contribution < 1.29 is 4.79 Å². The Kier molecular flexibility index (Phi) is 5.49. The number of ketones is 1. The molecule has 1 atom stereocenters. The number of nitrogens with zero attached hydrogens (tertiary/aromatic N) is 2. The number of hydrogen-bond donors (Lipinski definition) is 1. The molecule has 31 heavy (non-hydrogen) atoms. The van der Waals surface area contributed by atoms with Gasteiger partial charge in [-0.05, 0) is 55.0 Å². The third kappa shape index (κ3) is 3.69. The van der Waals surface area contributed by atoms with Crippen LogP contribution in [-0.4, -0.2) is 5.78 Å². The number of nitriles is 1. The van der Waals surface area contributed by atoms with Crippen LogP contribution >= 0.6 is 22.9 Å². The molecule has 2 aromatic rings. The fourth-order valence-corrected chi connectivity index (χ4v) is 5.80. The van der Waals surface area contributed by atoms with Gasteiger partial charge in [-0.1, -0.05) is 38.4 Å². The summed E-state index contributed by atoms with van der Waals surface area (Å²) in [5.74, 6) is 0.0559. The molecule has 2 heterocycles. The molecule has 4 rings (SSSR count). The van der Waals surface area contributed by atoms with E-state index in [1.165, 1.54) is 4.88 Å². The molecule has 2 aliphatic rings. The molecule has 0 spiro atoms. The van der Waals surface area contributed by atoms with Crippen molar-refractivity contribution in [2.45, 2.75) is 52.9 Å². The molecule has 6 heteroatoms. The number of hydrogen-bond acceptors (Lipinski definition) is 5. The molecule has 4 nitrogen and oxygen atoms in total. The number of carbonyl (C=O) groups excluding carboxylic acids is 1. The Morgan fingerprint density at radius 2 is 2.03 bits per heavy atom. The predicted molar refractivity (Wildman–Crippen MR) is 127 cm³/mol. The van der Waals surface area contributed by atoms with Crippen molar-refractivity contribution in [3.05, 3.63) is 73.3 Å². The van der Waals surface area contributed by atoms with E-state index >= 15 is 0 Å². The third-order valence-electron chi connectivity index (χ3n) is 6.11. The Morgan fingerprint density at radius 3 is 2.65 bits per heavy atom. The third-order valence-corrected chi connectivity index (χ3v) is 7.81. The van der Waals surface area contributed by atoms with Gasteiger partial charge in [0, 0.05) is 38.2 Å². The Balaban J connectivity index is 1.99. The minimum Gasteiger partial charge on any atom is -0.384 e. The quantitative estimate of drug-likeness (QED) is 0.601. The summed E-state index contributed by atoms with van der Waals surface area (Å²) in [6.45, 7) is 8.25. The van der Waals surface area contributed by atoms with E-state index in [-0.39, 0.29) is 11.2 Å². The predicted octanol–water partition coefficient (Wildman–Crippen LogP) is 6.21. The summed E-state index contributed by atoms with van der Waals surface area (Å²) in [6.07, 6.45) is 2.07. The van der Waals surface area contributed by atoms with E-state index in [2.05, 4.69) is 32.9 Å². The zero-order valence-corrected chi connectivity index (χ0v) is 19.8. The van der Waals surface area contributed by atoms with Crippen LogP contribution in [0.2, 0.25) is 5.02 Å². The lowest BCUT2D eigenvalue weighted by Crippen LogP contribution is -2.42. The van der Waals surface area contributed by atoms with Crippen LogP contribution in [0.4, 0.5) is 5.69 Å². The molecule has 0 fully saturated rings. The summed E-state index contributed by atoms with van der Waals surface area (Å²) >= 11 is 8.08. The number of halogens is 1. The molecular weight excluding hydrogens is 426 g/mol. The average Bonchev–Trinajstić information content (AvgIpc) is 3.17. The number of rotatable bonds is 3. The van der Waals surface area contributed by atoms with Gasteiger partial charge in [0.15, 0.2) is 5.78 Å². The molecule has 0 bridgehead atoms. The van der Waals surface area contributed by atoms with Gasteiger partial charge in [0.1, 0.15) is 5.82 Å². The van der Waals surface area contributed by atoms with Gasteiger partial charge in [-0.2, -0.15) is 5.26 Å². The summed E-state index contributed by atoms with van der Waals surface area (Å²) in [7, 11) is 0. The van der Waals surface area contributed by atoms with Crippen molar-refractivity contribution in [1.29, 1.82) is 5.26 Å². The Morgan fingerprint density at radius 1 is 1.29 bits per heavy atom. The number of anilines is 1. The van der Waals surface area contributed by atoms with E-state index in [4.69, 9.17) is 17.3 Å². The topological polar surface area (TPSA) is 70.1 Å². The standard InChI is InChI=1S/C25H26ClN3OS/c1-5-16-8-9-21(31-16)22-17(13-27)24(28)29(15-7-6-14(2)18(26)10-15)19-11-25(3,4)12-20(30)23(19)22/h6-10,22H,5,11-12,28H2,1-4H3/t22-/m0/s1. The fourth-order valence-electron chi connectivity index (χ4n) is 4.55. The lowest BCUT2D eigenvalue weighted by atomic mass is 9.69. The molecule has 0 amide bonds. The second-order valence-corrected chi connectivity index (χ2v) is 10.7. The number of thiophene rings is 1. The molecule has 0 unspecified atom stereocenters. The highest BCUT2D eigenvalue weighted by Crippen LogP contribution is 2.51. The van der Waals surface area contributed by atoms with E-state index in [0.717, 1.165) is 28.2 Å². The van der Waals surface area contributed by atoms with Crippen molar-refractivity contribution in [2.24, 2.45) is 11.1 Å². The minimum atomic E-state index is -0.411. The first-order valence-corrected chi connectivity index (χ1v) is 11.7. The highest BCUT2D eigenvalue weighted by molar-refractivity contribution is 7.12. The van der Waals surface area contributed by atoms with Crippen LogP contribution < -0.4 is 10.6 Å². The van der Waals surface area contributed by atoms with Crippen molar-refractivity contribution in [1.82, 2.24) is 0 Å². The SMILES string of the molecule is CCc1ccc([C@@H]2C(C#N)=C(N)N(c3ccc(C)c(Cl)c3)C3=C2C(=O)CC(C)(C)C3)s1. The van der Waals surface area contributed by atoms with Gasteiger partial charge in [-0.15, -0.1) is 11.3 Å². The molecule has 1 aliphatic heterocycles. The smallest absolute Gasteiger partial charge is 0.162 e. The van der Waals surface area contributed by atoms with E-state index in [1.54, 1.807) is 11.3 Å². The van der Waals surface area contributed by atoms with Crippen LogP contribution in [0.15, 0.2) is 53.0 Å². The maximum Gasteiger partial charge on any atom is 0.162 e. The van der Waals surface area contributed by atoms with Gasteiger partial charge >= 0.3 is 0 Å². The normalized spacial score (nSPS) is 20.7. The number of nitrogens with two attached hydrogens (primary N) is 1. The summed E-state index contributed by atoms with van der Waals surface area (Å²) in [5, 5.41) is 10.8. The number of aryl methyl sites for hydroxylation is 2. The van der Waals surface area contributed by atoms with E-state index < -0.39 is 5.92 Å². The summed E-state index contributed by atoms with van der Waals surface area (Å²) < 4.78 is 0. The molecular formula is C25H26ClN3OS. The molecule has 0 saturated heterocycles. The minimum absolute atomic E-state index is 0.0890. The van der Waals surface area contributed by atoms with Crippen LogP contribution in [0.1, 0.15) is 54.8 Å². The van der Waals surface area contributed by atoms with E-state index in [0.29, 0.717) is 34.8 Å². The summed E-state index contributed by atoms with van der Waals surface area (Å²) in [4.78, 5) is 17.6. The fraction of sp³-hybridized carbons (Fsp3) is 0.360. The zero-order valence-electron chi connectivity index (χ0n) is 18.3.